The Labute approximate surface area is 102 Å². The highest BCUT2D eigenvalue weighted by Crippen LogP contribution is 2.32. The van der Waals surface area contributed by atoms with E-state index in [9.17, 15) is 0 Å². The highest BCUT2D eigenvalue weighted by Gasteiger charge is 2.32. The molecule has 1 aliphatic rings. The second-order valence-corrected chi connectivity index (χ2v) is 5.91. The fourth-order valence-electron chi connectivity index (χ4n) is 2.92. The zero-order chi connectivity index (χ0) is 12.1. The third kappa shape index (κ3) is 3.74. The minimum atomic E-state index is 0.713. The lowest BCUT2D eigenvalue weighted by Gasteiger charge is -2.41. The molecule has 1 rings (SSSR count). The Balaban J connectivity index is 2.53. The maximum Gasteiger partial charge on any atom is 0.0245 e. The van der Waals surface area contributed by atoms with Crippen LogP contribution in [0.2, 0.25) is 0 Å². The van der Waals surface area contributed by atoms with Crippen molar-refractivity contribution in [3.63, 3.8) is 0 Å². The summed E-state index contributed by atoms with van der Waals surface area (Å²) >= 11 is 0. The molecule has 0 saturated heterocycles. The Bertz CT molecular complexity index is 189. The molecule has 16 heavy (non-hydrogen) atoms. The first-order chi connectivity index (χ1) is 7.56. The summed E-state index contributed by atoms with van der Waals surface area (Å²) in [5, 5.41) is 3.72. The molecule has 0 amide bonds. The normalized spacial score (nSPS) is 31.3. The number of nitrogens with zero attached hydrogens (tertiary/aromatic N) is 1. The molecule has 0 aromatic heterocycles. The maximum atomic E-state index is 3.72. The summed E-state index contributed by atoms with van der Waals surface area (Å²) in [4.78, 5) is 2.42. The van der Waals surface area contributed by atoms with Gasteiger partial charge in [0.25, 0.3) is 0 Å². The Kier molecular flexibility index (Phi) is 5.77. The van der Waals surface area contributed by atoms with E-state index in [-0.39, 0.29) is 0 Å². The van der Waals surface area contributed by atoms with Gasteiger partial charge in [-0.3, -0.25) is 0 Å². The van der Waals surface area contributed by atoms with Gasteiger partial charge in [0.15, 0.2) is 0 Å². The summed E-state index contributed by atoms with van der Waals surface area (Å²) in [5.41, 5.74) is 0. The van der Waals surface area contributed by atoms with Crippen molar-refractivity contribution < 1.29 is 0 Å². The molecular weight excluding hydrogens is 196 g/mol. The smallest absolute Gasteiger partial charge is 0.0245 e. The SMILES string of the molecule is CCCNC1CCC(C(C)C)CC1N(C)C. The number of nitrogens with one attached hydrogen (secondary N) is 1. The van der Waals surface area contributed by atoms with Crippen LogP contribution in [-0.2, 0) is 0 Å². The molecule has 2 nitrogen and oxygen atoms in total. The molecule has 1 N–H and O–H groups in total. The van der Waals surface area contributed by atoms with Gasteiger partial charge < -0.3 is 10.2 Å². The molecule has 2 heteroatoms. The lowest BCUT2D eigenvalue weighted by Crippen LogP contribution is -2.51. The molecule has 3 unspecified atom stereocenters. The Morgan fingerprint density at radius 1 is 1.25 bits per heavy atom. The summed E-state index contributed by atoms with van der Waals surface area (Å²) in [6.45, 7) is 8.16. The molecular formula is C14H30N2. The van der Waals surface area contributed by atoms with Crippen LogP contribution in [0.25, 0.3) is 0 Å². The van der Waals surface area contributed by atoms with Crippen LogP contribution in [0.5, 0.6) is 0 Å². The van der Waals surface area contributed by atoms with E-state index in [1.165, 1.54) is 32.2 Å². The average molecular weight is 226 g/mol. The van der Waals surface area contributed by atoms with Gasteiger partial charge in [-0.05, 0) is 58.2 Å². The van der Waals surface area contributed by atoms with Crippen molar-refractivity contribution in [1.29, 1.82) is 0 Å². The molecule has 0 bridgehead atoms. The molecule has 0 spiro atoms. The van der Waals surface area contributed by atoms with Gasteiger partial charge in [-0.15, -0.1) is 0 Å². The van der Waals surface area contributed by atoms with E-state index in [0.717, 1.165) is 17.9 Å². The number of likely N-dealkylation sites (N-methyl/N-ethyl adjacent to an activating group) is 1. The first-order valence-electron chi connectivity index (χ1n) is 6.96. The zero-order valence-corrected chi connectivity index (χ0v) is 11.8. The van der Waals surface area contributed by atoms with E-state index in [4.69, 9.17) is 0 Å². The van der Waals surface area contributed by atoms with Crippen molar-refractivity contribution in [1.82, 2.24) is 10.2 Å². The van der Waals surface area contributed by atoms with Crippen LogP contribution in [0.15, 0.2) is 0 Å². The summed E-state index contributed by atoms with van der Waals surface area (Å²) in [7, 11) is 4.46. The van der Waals surface area contributed by atoms with Gasteiger partial charge in [0.2, 0.25) is 0 Å². The van der Waals surface area contributed by atoms with Crippen molar-refractivity contribution in [2.45, 2.75) is 58.5 Å². The van der Waals surface area contributed by atoms with Gasteiger partial charge >= 0.3 is 0 Å². The number of hydrogen-bond acceptors (Lipinski definition) is 2. The number of rotatable bonds is 5. The van der Waals surface area contributed by atoms with E-state index in [0.29, 0.717) is 6.04 Å². The topological polar surface area (TPSA) is 15.3 Å². The molecule has 0 aliphatic heterocycles. The Morgan fingerprint density at radius 2 is 1.94 bits per heavy atom. The van der Waals surface area contributed by atoms with Crippen molar-refractivity contribution >= 4 is 0 Å². The zero-order valence-electron chi connectivity index (χ0n) is 11.8. The Hall–Kier alpha value is -0.0800. The summed E-state index contributed by atoms with van der Waals surface area (Å²) in [6.07, 6.45) is 5.37. The van der Waals surface area contributed by atoms with Crippen molar-refractivity contribution in [2.75, 3.05) is 20.6 Å². The molecule has 1 aliphatic carbocycles. The lowest BCUT2D eigenvalue weighted by atomic mass is 9.76. The van der Waals surface area contributed by atoms with E-state index in [1.54, 1.807) is 0 Å². The van der Waals surface area contributed by atoms with Gasteiger partial charge in [-0.1, -0.05) is 20.8 Å². The van der Waals surface area contributed by atoms with Gasteiger partial charge in [0.05, 0.1) is 0 Å². The molecule has 1 fully saturated rings. The molecule has 3 atom stereocenters. The largest absolute Gasteiger partial charge is 0.312 e. The maximum absolute atomic E-state index is 3.72. The minimum Gasteiger partial charge on any atom is -0.312 e. The van der Waals surface area contributed by atoms with Gasteiger partial charge in [-0.25, -0.2) is 0 Å². The molecule has 0 aromatic rings. The van der Waals surface area contributed by atoms with E-state index in [2.05, 4.69) is 45.1 Å². The fraction of sp³-hybridized carbons (Fsp3) is 1.00. The average Bonchev–Trinajstić information content (AvgIpc) is 2.25. The second-order valence-electron chi connectivity index (χ2n) is 5.91. The van der Waals surface area contributed by atoms with Crippen LogP contribution >= 0.6 is 0 Å². The lowest BCUT2D eigenvalue weighted by molar-refractivity contribution is 0.120. The molecule has 0 heterocycles. The van der Waals surface area contributed by atoms with Gasteiger partial charge in [0.1, 0.15) is 0 Å². The summed E-state index contributed by atoms with van der Waals surface area (Å²) in [6, 6.07) is 1.44. The van der Waals surface area contributed by atoms with E-state index >= 15 is 0 Å². The monoisotopic (exact) mass is 226 g/mol. The highest BCUT2D eigenvalue weighted by molar-refractivity contribution is 4.90. The van der Waals surface area contributed by atoms with Gasteiger partial charge in [0, 0.05) is 12.1 Å². The summed E-state index contributed by atoms with van der Waals surface area (Å²) in [5.74, 6) is 1.77. The number of hydrogen-bond donors (Lipinski definition) is 1. The first-order valence-corrected chi connectivity index (χ1v) is 6.96. The van der Waals surface area contributed by atoms with Crippen molar-refractivity contribution in [3.05, 3.63) is 0 Å². The standard InChI is InChI=1S/C14H30N2/c1-6-9-15-13-8-7-12(11(2)3)10-14(13)16(4)5/h11-15H,6-10H2,1-5H3. The van der Waals surface area contributed by atoms with E-state index in [1.807, 2.05) is 0 Å². The van der Waals surface area contributed by atoms with Crippen LogP contribution in [-0.4, -0.2) is 37.6 Å². The molecule has 0 radical (unpaired) electrons. The second kappa shape index (κ2) is 6.61. The van der Waals surface area contributed by atoms with Crippen LogP contribution in [0.3, 0.4) is 0 Å². The molecule has 0 aromatic carbocycles. The highest BCUT2D eigenvalue weighted by atomic mass is 15.1. The van der Waals surface area contributed by atoms with Crippen LogP contribution < -0.4 is 5.32 Å². The third-order valence-electron chi connectivity index (χ3n) is 4.12. The predicted octanol–water partition coefficient (Wildman–Crippen LogP) is 2.74. The van der Waals surface area contributed by atoms with Gasteiger partial charge in [-0.2, -0.15) is 0 Å². The first kappa shape index (κ1) is 14.0. The fourth-order valence-corrected chi connectivity index (χ4v) is 2.92. The van der Waals surface area contributed by atoms with E-state index < -0.39 is 0 Å². The predicted molar refractivity (Wildman–Crippen MR) is 71.7 cm³/mol. The third-order valence-corrected chi connectivity index (χ3v) is 4.12. The quantitative estimate of drug-likeness (QED) is 0.775. The minimum absolute atomic E-state index is 0.713. The Morgan fingerprint density at radius 3 is 2.44 bits per heavy atom. The van der Waals surface area contributed by atoms with Crippen molar-refractivity contribution in [3.8, 4) is 0 Å². The molecule has 1 saturated carbocycles. The van der Waals surface area contributed by atoms with Crippen LogP contribution in [0.1, 0.15) is 46.5 Å². The van der Waals surface area contributed by atoms with Crippen LogP contribution in [0, 0.1) is 11.8 Å². The summed E-state index contributed by atoms with van der Waals surface area (Å²) < 4.78 is 0. The van der Waals surface area contributed by atoms with Crippen LogP contribution in [0.4, 0.5) is 0 Å². The van der Waals surface area contributed by atoms with Crippen molar-refractivity contribution in [2.24, 2.45) is 11.8 Å². The molecule has 96 valence electrons.